The lowest BCUT2D eigenvalue weighted by atomic mass is 10.2. The molecule has 0 aromatic carbocycles. The van der Waals surface area contributed by atoms with Gasteiger partial charge in [0.2, 0.25) is 0 Å². The van der Waals surface area contributed by atoms with Crippen LogP contribution >= 0.6 is 15.9 Å². The standard InChI is InChI=1S/C13H10BrF2N5O3/c14-9-3-1-2-7(19-9)12(22)20-11-8(24-13(15)16)4-6(5-18-11)10(17)21-23/h1-5,13,23H,(H2,17,21)(H,18,20,22). The third-order valence-electron chi connectivity index (χ3n) is 2.65. The summed E-state index contributed by atoms with van der Waals surface area (Å²) in [6.07, 6.45) is 1.12. The van der Waals surface area contributed by atoms with Crippen LogP contribution in [0, 0.1) is 0 Å². The lowest BCUT2D eigenvalue weighted by Gasteiger charge is -2.12. The summed E-state index contributed by atoms with van der Waals surface area (Å²) in [6, 6.07) is 5.68. The first-order valence-electron chi connectivity index (χ1n) is 6.27. The Balaban J connectivity index is 2.33. The summed E-state index contributed by atoms with van der Waals surface area (Å²) in [5.41, 5.74) is 5.44. The second-order valence-electron chi connectivity index (χ2n) is 4.23. The molecule has 0 saturated heterocycles. The number of pyridine rings is 2. The second kappa shape index (κ2) is 7.64. The molecule has 0 unspecified atom stereocenters. The normalized spacial score (nSPS) is 11.4. The Morgan fingerprint density at radius 2 is 2.21 bits per heavy atom. The number of hydrogen-bond donors (Lipinski definition) is 3. The van der Waals surface area contributed by atoms with Crippen molar-refractivity contribution < 1.29 is 23.5 Å². The average molecular weight is 402 g/mol. The zero-order valence-corrected chi connectivity index (χ0v) is 13.4. The number of amidine groups is 1. The van der Waals surface area contributed by atoms with Crippen LogP contribution in [0.3, 0.4) is 0 Å². The maximum Gasteiger partial charge on any atom is 0.387 e. The number of alkyl halides is 2. The molecule has 24 heavy (non-hydrogen) atoms. The second-order valence-corrected chi connectivity index (χ2v) is 5.05. The third-order valence-corrected chi connectivity index (χ3v) is 3.09. The van der Waals surface area contributed by atoms with E-state index in [1.54, 1.807) is 12.1 Å². The van der Waals surface area contributed by atoms with Gasteiger partial charge in [-0.15, -0.1) is 0 Å². The Bertz CT molecular complexity index is 788. The van der Waals surface area contributed by atoms with Crippen molar-refractivity contribution >= 4 is 33.5 Å². The SMILES string of the molecule is N/C(=N\O)c1cnc(NC(=O)c2cccc(Br)n2)c(OC(F)F)c1. The van der Waals surface area contributed by atoms with E-state index in [2.05, 4.69) is 41.1 Å². The first-order valence-corrected chi connectivity index (χ1v) is 7.06. The summed E-state index contributed by atoms with van der Waals surface area (Å²) < 4.78 is 29.8. The van der Waals surface area contributed by atoms with Gasteiger partial charge >= 0.3 is 6.61 Å². The fourth-order valence-corrected chi connectivity index (χ4v) is 1.97. The minimum Gasteiger partial charge on any atom is -0.431 e. The van der Waals surface area contributed by atoms with Crippen molar-refractivity contribution in [3.63, 3.8) is 0 Å². The minimum absolute atomic E-state index is 0.0340. The van der Waals surface area contributed by atoms with Crippen molar-refractivity contribution in [1.29, 1.82) is 0 Å². The number of amides is 1. The van der Waals surface area contributed by atoms with Crippen LogP contribution in [0.25, 0.3) is 0 Å². The van der Waals surface area contributed by atoms with Gasteiger partial charge in [0, 0.05) is 11.8 Å². The molecule has 0 aliphatic rings. The van der Waals surface area contributed by atoms with Crippen molar-refractivity contribution in [1.82, 2.24) is 9.97 Å². The number of carbonyl (C=O) groups is 1. The highest BCUT2D eigenvalue weighted by atomic mass is 79.9. The fraction of sp³-hybridized carbons (Fsp3) is 0.0769. The van der Waals surface area contributed by atoms with E-state index in [1.807, 2.05) is 0 Å². The predicted octanol–water partition coefficient (Wildman–Crippen LogP) is 2.19. The summed E-state index contributed by atoms with van der Waals surface area (Å²) in [6.45, 7) is -3.16. The van der Waals surface area contributed by atoms with Crippen LogP contribution < -0.4 is 15.8 Å². The van der Waals surface area contributed by atoms with Crippen molar-refractivity contribution in [2.24, 2.45) is 10.9 Å². The van der Waals surface area contributed by atoms with E-state index >= 15 is 0 Å². The summed E-state index contributed by atoms with van der Waals surface area (Å²) in [7, 11) is 0. The number of nitrogens with one attached hydrogen (secondary N) is 1. The molecule has 4 N–H and O–H groups in total. The number of carbonyl (C=O) groups excluding carboxylic acids is 1. The van der Waals surface area contributed by atoms with Gasteiger partial charge in [-0.25, -0.2) is 9.97 Å². The van der Waals surface area contributed by atoms with Crippen molar-refractivity contribution in [2.75, 3.05) is 5.32 Å². The minimum atomic E-state index is -3.16. The van der Waals surface area contributed by atoms with Gasteiger partial charge in [-0.05, 0) is 34.1 Å². The van der Waals surface area contributed by atoms with Crippen LogP contribution in [-0.4, -0.2) is 33.5 Å². The Kier molecular flexibility index (Phi) is 5.58. The highest BCUT2D eigenvalue weighted by molar-refractivity contribution is 9.10. The number of rotatable bonds is 5. The molecule has 1 amide bonds. The number of hydrogen-bond acceptors (Lipinski definition) is 6. The largest absolute Gasteiger partial charge is 0.431 e. The maximum atomic E-state index is 12.5. The molecule has 2 aromatic rings. The number of aromatic nitrogens is 2. The van der Waals surface area contributed by atoms with Gasteiger partial charge in [0.1, 0.15) is 10.3 Å². The lowest BCUT2D eigenvalue weighted by molar-refractivity contribution is -0.0495. The van der Waals surface area contributed by atoms with Crippen LogP contribution in [-0.2, 0) is 0 Å². The number of ether oxygens (including phenoxy) is 1. The number of anilines is 1. The Morgan fingerprint density at radius 3 is 2.83 bits per heavy atom. The summed E-state index contributed by atoms with van der Waals surface area (Å²) in [5, 5.41) is 13.7. The third kappa shape index (κ3) is 4.35. The number of halogens is 3. The topological polar surface area (TPSA) is 123 Å². The molecule has 126 valence electrons. The van der Waals surface area contributed by atoms with Crippen LogP contribution in [0.4, 0.5) is 14.6 Å². The van der Waals surface area contributed by atoms with E-state index < -0.39 is 18.3 Å². The number of nitrogens with two attached hydrogens (primary N) is 1. The molecular weight excluding hydrogens is 392 g/mol. The molecule has 0 saturated carbocycles. The van der Waals surface area contributed by atoms with E-state index in [4.69, 9.17) is 10.9 Å². The zero-order chi connectivity index (χ0) is 17.7. The highest BCUT2D eigenvalue weighted by Gasteiger charge is 2.17. The first-order chi connectivity index (χ1) is 11.4. The lowest BCUT2D eigenvalue weighted by Crippen LogP contribution is -2.18. The molecule has 0 bridgehead atoms. The van der Waals surface area contributed by atoms with Gasteiger partial charge in [-0.1, -0.05) is 11.2 Å². The van der Waals surface area contributed by atoms with Gasteiger partial charge in [0.05, 0.1) is 0 Å². The maximum absolute atomic E-state index is 12.5. The van der Waals surface area contributed by atoms with Crippen molar-refractivity contribution in [3.8, 4) is 5.75 Å². The molecule has 0 spiro atoms. The summed E-state index contributed by atoms with van der Waals surface area (Å²) >= 11 is 3.12. The predicted molar refractivity (Wildman–Crippen MR) is 83.3 cm³/mol. The molecule has 2 aromatic heterocycles. The summed E-state index contributed by atoms with van der Waals surface area (Å²) in [4.78, 5) is 19.8. The highest BCUT2D eigenvalue weighted by Crippen LogP contribution is 2.25. The van der Waals surface area contributed by atoms with E-state index in [0.29, 0.717) is 4.60 Å². The van der Waals surface area contributed by atoms with Gasteiger partial charge in [-0.2, -0.15) is 8.78 Å². The smallest absolute Gasteiger partial charge is 0.387 e. The zero-order valence-electron chi connectivity index (χ0n) is 11.8. The van der Waals surface area contributed by atoms with E-state index in [-0.39, 0.29) is 22.9 Å². The monoisotopic (exact) mass is 401 g/mol. The average Bonchev–Trinajstić information content (AvgIpc) is 2.55. The first kappa shape index (κ1) is 17.5. The fourth-order valence-electron chi connectivity index (χ4n) is 1.63. The molecule has 0 fully saturated rings. The molecular formula is C13H10BrF2N5O3. The van der Waals surface area contributed by atoms with Crippen molar-refractivity contribution in [3.05, 3.63) is 46.3 Å². The number of nitrogens with zero attached hydrogens (tertiary/aromatic N) is 3. The molecule has 8 nitrogen and oxygen atoms in total. The Morgan fingerprint density at radius 1 is 1.46 bits per heavy atom. The Labute approximate surface area is 142 Å². The van der Waals surface area contributed by atoms with Gasteiger partial charge < -0.3 is 21.0 Å². The van der Waals surface area contributed by atoms with Crippen LogP contribution in [0.5, 0.6) is 5.75 Å². The molecule has 0 radical (unpaired) electrons. The summed E-state index contributed by atoms with van der Waals surface area (Å²) in [5.74, 6) is -1.75. The van der Waals surface area contributed by atoms with Crippen LogP contribution in [0.15, 0.2) is 40.2 Å². The number of oxime groups is 1. The van der Waals surface area contributed by atoms with E-state index in [9.17, 15) is 13.6 Å². The molecule has 0 aliphatic carbocycles. The van der Waals surface area contributed by atoms with Gasteiger partial charge in [0.15, 0.2) is 17.4 Å². The molecule has 2 rings (SSSR count). The quantitative estimate of drug-likeness (QED) is 0.232. The van der Waals surface area contributed by atoms with E-state index in [1.165, 1.54) is 6.07 Å². The van der Waals surface area contributed by atoms with Gasteiger partial charge in [-0.3, -0.25) is 4.79 Å². The molecule has 0 aliphatic heterocycles. The van der Waals surface area contributed by atoms with E-state index in [0.717, 1.165) is 12.3 Å². The van der Waals surface area contributed by atoms with Crippen LogP contribution in [0.2, 0.25) is 0 Å². The Hall–Kier alpha value is -2.82. The van der Waals surface area contributed by atoms with Crippen molar-refractivity contribution in [2.45, 2.75) is 6.61 Å². The molecule has 0 atom stereocenters. The molecule has 11 heteroatoms. The van der Waals surface area contributed by atoms with Gasteiger partial charge in [0.25, 0.3) is 5.91 Å². The van der Waals surface area contributed by atoms with Crippen LogP contribution in [0.1, 0.15) is 16.1 Å². The molecule has 2 heterocycles.